The number of fused-ring (bicyclic) bond motifs is 3. The molecule has 1 N–H and O–H groups in total. The van der Waals surface area contributed by atoms with Crippen molar-refractivity contribution in [1.82, 2.24) is 4.98 Å². The summed E-state index contributed by atoms with van der Waals surface area (Å²) in [6.45, 7) is 1.65. The van der Waals surface area contributed by atoms with Gasteiger partial charge in [-0.2, -0.15) is 0 Å². The number of thiophene rings is 1. The minimum Gasteiger partial charge on any atom is -0.358 e. The molecule has 0 atom stereocenters. The van der Waals surface area contributed by atoms with E-state index >= 15 is 0 Å². The summed E-state index contributed by atoms with van der Waals surface area (Å²) >= 11 is 4.83. The number of nitrogens with zero attached hydrogens (tertiary/aromatic N) is 2. The molecule has 0 radical (unpaired) electrons. The molecule has 0 fully saturated rings. The highest BCUT2D eigenvalue weighted by atomic mass is 79.9. The highest BCUT2D eigenvalue weighted by Crippen LogP contribution is 2.37. The molecule has 0 saturated heterocycles. The number of rotatable bonds is 2. The quantitative estimate of drug-likeness (QED) is 0.529. The highest BCUT2D eigenvalue weighted by Gasteiger charge is 2.23. The molecule has 3 heterocycles. The normalized spacial score (nSPS) is 14.3. The molecule has 0 bridgehead atoms. The molecule has 1 aromatic carbocycles. The Kier molecular flexibility index (Phi) is 3.19. The van der Waals surface area contributed by atoms with Crippen LogP contribution >= 0.6 is 27.3 Å². The predicted octanol–water partition coefficient (Wildman–Crippen LogP) is 4.46. The van der Waals surface area contributed by atoms with Crippen molar-refractivity contribution in [2.75, 3.05) is 11.4 Å². The summed E-state index contributed by atoms with van der Waals surface area (Å²) in [4.78, 5) is 16.2. The van der Waals surface area contributed by atoms with E-state index < -0.39 is 0 Å². The molecule has 0 unspecified atom stereocenters. The molecule has 7 heteroatoms. The van der Waals surface area contributed by atoms with Crippen LogP contribution < -0.4 is 4.90 Å². The fourth-order valence-electron chi connectivity index (χ4n) is 2.98. The number of nitro groups is 1. The molecule has 0 saturated carbocycles. The average Bonchev–Trinajstić information content (AvgIpc) is 3.12. The van der Waals surface area contributed by atoms with Gasteiger partial charge >= 0.3 is 5.00 Å². The van der Waals surface area contributed by atoms with Gasteiger partial charge in [0.25, 0.3) is 0 Å². The van der Waals surface area contributed by atoms with Gasteiger partial charge in [-0.3, -0.25) is 10.1 Å². The smallest absolute Gasteiger partial charge is 0.326 e. The number of hydrogen-bond donors (Lipinski definition) is 1. The van der Waals surface area contributed by atoms with Crippen molar-refractivity contribution < 1.29 is 4.92 Å². The summed E-state index contributed by atoms with van der Waals surface area (Å²) in [5.74, 6) is 0. The van der Waals surface area contributed by atoms with Crippen LogP contribution in [0.4, 0.5) is 10.0 Å². The molecule has 112 valence electrons. The zero-order valence-electron chi connectivity index (χ0n) is 11.5. The van der Waals surface area contributed by atoms with Crippen LogP contribution in [0.5, 0.6) is 0 Å². The van der Waals surface area contributed by atoms with E-state index in [0.29, 0.717) is 0 Å². The number of anilines is 1. The maximum absolute atomic E-state index is 10.9. The van der Waals surface area contributed by atoms with E-state index in [4.69, 9.17) is 0 Å². The van der Waals surface area contributed by atoms with E-state index in [0.717, 1.165) is 34.5 Å². The van der Waals surface area contributed by atoms with Crippen LogP contribution in [-0.2, 0) is 13.0 Å². The third kappa shape index (κ3) is 2.12. The Morgan fingerprint density at radius 2 is 2.18 bits per heavy atom. The second kappa shape index (κ2) is 5.10. The SMILES string of the molecule is O=[N+]([O-])c1ccc(N2CCc3[nH]c4c(Br)cccc4c3C2)s1. The highest BCUT2D eigenvalue weighted by molar-refractivity contribution is 9.10. The molecule has 1 aliphatic heterocycles. The molecule has 0 amide bonds. The van der Waals surface area contributed by atoms with Gasteiger partial charge in [-0.05, 0) is 39.4 Å². The largest absolute Gasteiger partial charge is 0.358 e. The number of aromatic nitrogens is 1. The van der Waals surface area contributed by atoms with E-state index in [-0.39, 0.29) is 9.92 Å². The van der Waals surface area contributed by atoms with Gasteiger partial charge in [0.05, 0.1) is 15.4 Å². The fraction of sp³-hybridized carbons (Fsp3) is 0.200. The summed E-state index contributed by atoms with van der Waals surface area (Å²) in [7, 11) is 0. The number of para-hydroxylation sites is 1. The van der Waals surface area contributed by atoms with Crippen molar-refractivity contribution in [2.45, 2.75) is 13.0 Å². The van der Waals surface area contributed by atoms with E-state index in [9.17, 15) is 10.1 Å². The Morgan fingerprint density at radius 1 is 1.32 bits per heavy atom. The minimum atomic E-state index is -0.327. The second-order valence-corrected chi connectivity index (χ2v) is 7.18. The lowest BCUT2D eigenvalue weighted by Crippen LogP contribution is -2.29. The second-order valence-electron chi connectivity index (χ2n) is 5.29. The molecule has 2 aromatic heterocycles. The first-order valence-corrected chi connectivity index (χ1v) is 8.51. The molecular weight excluding hydrogens is 366 g/mol. The molecule has 5 nitrogen and oxygen atoms in total. The van der Waals surface area contributed by atoms with Crippen molar-refractivity contribution in [1.29, 1.82) is 0 Å². The number of H-pyrrole nitrogens is 1. The lowest BCUT2D eigenvalue weighted by molar-refractivity contribution is -0.380. The Hall–Kier alpha value is -1.86. The van der Waals surface area contributed by atoms with Gasteiger partial charge < -0.3 is 9.88 Å². The molecular formula is C15H12BrN3O2S. The molecule has 4 rings (SSSR count). The van der Waals surface area contributed by atoms with Crippen LogP contribution in [0.3, 0.4) is 0 Å². The van der Waals surface area contributed by atoms with Crippen LogP contribution in [0.15, 0.2) is 34.8 Å². The van der Waals surface area contributed by atoms with Crippen LogP contribution in [0.1, 0.15) is 11.3 Å². The van der Waals surface area contributed by atoms with Gasteiger partial charge in [0.2, 0.25) is 0 Å². The van der Waals surface area contributed by atoms with Gasteiger partial charge in [0, 0.05) is 46.7 Å². The van der Waals surface area contributed by atoms with Crippen molar-refractivity contribution in [3.05, 3.63) is 56.2 Å². The van der Waals surface area contributed by atoms with E-state index in [1.807, 2.05) is 18.2 Å². The topological polar surface area (TPSA) is 62.2 Å². The Bertz CT molecular complexity index is 886. The molecule has 0 spiro atoms. The fourth-order valence-corrected chi connectivity index (χ4v) is 4.29. The number of benzene rings is 1. The number of aromatic amines is 1. The van der Waals surface area contributed by atoms with Crippen LogP contribution in [-0.4, -0.2) is 16.5 Å². The molecule has 0 aliphatic carbocycles. The summed E-state index contributed by atoms with van der Waals surface area (Å²) in [5.41, 5.74) is 3.69. The summed E-state index contributed by atoms with van der Waals surface area (Å²) in [6, 6.07) is 9.62. The molecule has 3 aromatic rings. The van der Waals surface area contributed by atoms with Crippen molar-refractivity contribution in [2.24, 2.45) is 0 Å². The van der Waals surface area contributed by atoms with Crippen LogP contribution in [0, 0.1) is 10.1 Å². The Labute approximate surface area is 138 Å². The summed E-state index contributed by atoms with van der Waals surface area (Å²) in [6.07, 6.45) is 0.919. The van der Waals surface area contributed by atoms with Crippen LogP contribution in [0.25, 0.3) is 10.9 Å². The first kappa shape index (κ1) is 13.8. The Morgan fingerprint density at radius 3 is 2.95 bits per heavy atom. The standard InChI is InChI=1S/C15H12BrN3O2S/c16-11-3-1-2-9-10-8-18(7-6-12(10)17-15(9)11)13-4-5-14(22-13)19(20)21/h1-5,17H,6-8H2. The van der Waals surface area contributed by atoms with E-state index in [2.05, 4.69) is 31.9 Å². The molecule has 22 heavy (non-hydrogen) atoms. The first-order chi connectivity index (χ1) is 10.6. The zero-order chi connectivity index (χ0) is 15.3. The van der Waals surface area contributed by atoms with E-state index in [1.165, 1.54) is 28.0 Å². The van der Waals surface area contributed by atoms with Gasteiger partial charge in [0.1, 0.15) is 0 Å². The third-order valence-corrected chi connectivity index (χ3v) is 5.79. The average molecular weight is 378 g/mol. The zero-order valence-corrected chi connectivity index (χ0v) is 13.9. The summed E-state index contributed by atoms with van der Waals surface area (Å²) in [5, 5.41) is 13.2. The maximum Gasteiger partial charge on any atom is 0.326 e. The van der Waals surface area contributed by atoms with Gasteiger partial charge in [-0.15, -0.1) is 0 Å². The first-order valence-electron chi connectivity index (χ1n) is 6.90. The van der Waals surface area contributed by atoms with E-state index in [1.54, 1.807) is 6.07 Å². The van der Waals surface area contributed by atoms with Crippen molar-refractivity contribution in [3.8, 4) is 0 Å². The lowest BCUT2D eigenvalue weighted by Gasteiger charge is -2.27. The maximum atomic E-state index is 10.9. The minimum absolute atomic E-state index is 0.197. The Balaban J connectivity index is 1.72. The van der Waals surface area contributed by atoms with Crippen molar-refractivity contribution in [3.63, 3.8) is 0 Å². The van der Waals surface area contributed by atoms with Gasteiger partial charge in [-0.1, -0.05) is 12.1 Å². The number of hydrogen-bond acceptors (Lipinski definition) is 4. The summed E-state index contributed by atoms with van der Waals surface area (Å²) < 4.78 is 1.07. The number of halogens is 1. The lowest BCUT2D eigenvalue weighted by atomic mass is 10.0. The number of nitrogens with one attached hydrogen (secondary N) is 1. The monoisotopic (exact) mass is 377 g/mol. The van der Waals surface area contributed by atoms with Crippen molar-refractivity contribution >= 4 is 48.2 Å². The third-order valence-electron chi connectivity index (χ3n) is 4.03. The predicted molar refractivity (Wildman–Crippen MR) is 91.7 cm³/mol. The van der Waals surface area contributed by atoms with Gasteiger partial charge in [-0.25, -0.2) is 0 Å². The van der Waals surface area contributed by atoms with Gasteiger partial charge in [0.15, 0.2) is 0 Å². The molecule has 1 aliphatic rings. The van der Waals surface area contributed by atoms with Crippen LogP contribution in [0.2, 0.25) is 0 Å².